The highest BCUT2D eigenvalue weighted by Crippen LogP contribution is 2.12. The van der Waals surface area contributed by atoms with Crippen molar-refractivity contribution in [1.82, 2.24) is 10.2 Å². The van der Waals surface area contributed by atoms with E-state index in [1.165, 1.54) is 11.8 Å². The van der Waals surface area contributed by atoms with Crippen LogP contribution in [0.5, 0.6) is 0 Å². The number of carbonyl (C=O) groups excluding carboxylic acids is 1. The molecule has 1 fully saturated rings. The predicted molar refractivity (Wildman–Crippen MR) is 69.6 cm³/mol. The highest BCUT2D eigenvalue weighted by Gasteiger charge is 2.32. The lowest BCUT2D eigenvalue weighted by Gasteiger charge is -2.34. The van der Waals surface area contributed by atoms with Crippen LogP contribution in [0.1, 0.15) is 20.8 Å². The van der Waals surface area contributed by atoms with Crippen molar-refractivity contribution in [2.24, 2.45) is 5.92 Å². The summed E-state index contributed by atoms with van der Waals surface area (Å²) >= 11 is 0. The minimum atomic E-state index is -3.07. The number of nitrogens with one attached hydrogen (secondary N) is 1. The van der Waals surface area contributed by atoms with Crippen molar-refractivity contribution >= 4 is 21.8 Å². The van der Waals surface area contributed by atoms with Gasteiger partial charge in [0, 0.05) is 18.6 Å². The highest BCUT2D eigenvalue weighted by atomic mass is 32.2. The number of urea groups is 1. The minimum Gasteiger partial charge on any atom is -0.481 e. The summed E-state index contributed by atoms with van der Waals surface area (Å²) in [6.45, 7) is 4.94. The second-order valence-corrected chi connectivity index (χ2v) is 7.25. The topological polar surface area (TPSA) is 104 Å². The van der Waals surface area contributed by atoms with Gasteiger partial charge in [0.25, 0.3) is 0 Å². The van der Waals surface area contributed by atoms with Crippen molar-refractivity contribution in [2.45, 2.75) is 32.9 Å². The average molecular weight is 292 g/mol. The summed E-state index contributed by atoms with van der Waals surface area (Å²) in [7, 11) is -3.07. The number of nitrogens with zero attached hydrogens (tertiary/aromatic N) is 1. The van der Waals surface area contributed by atoms with E-state index in [-0.39, 0.29) is 18.1 Å². The Balaban J connectivity index is 2.62. The molecule has 3 unspecified atom stereocenters. The molecule has 8 heteroatoms. The van der Waals surface area contributed by atoms with Crippen LogP contribution >= 0.6 is 0 Å². The van der Waals surface area contributed by atoms with E-state index >= 15 is 0 Å². The summed E-state index contributed by atoms with van der Waals surface area (Å²) in [4.78, 5) is 24.2. The molecule has 0 saturated carbocycles. The van der Waals surface area contributed by atoms with E-state index in [1.54, 1.807) is 13.8 Å². The van der Waals surface area contributed by atoms with Crippen LogP contribution in [-0.2, 0) is 14.6 Å². The SMILES string of the molecule is CC(NC(=O)N1CCS(=O)(=O)CC1C)C(C)C(=O)O. The maximum absolute atomic E-state index is 12.0. The van der Waals surface area contributed by atoms with Crippen molar-refractivity contribution < 1.29 is 23.1 Å². The molecule has 0 aliphatic carbocycles. The fraction of sp³-hybridized carbons (Fsp3) is 0.818. The molecule has 1 saturated heterocycles. The number of carboxylic acids is 1. The third-order valence-corrected chi connectivity index (χ3v) is 5.22. The van der Waals surface area contributed by atoms with Gasteiger partial charge in [-0.3, -0.25) is 4.79 Å². The Morgan fingerprint density at radius 1 is 1.37 bits per heavy atom. The van der Waals surface area contributed by atoms with Gasteiger partial charge < -0.3 is 15.3 Å². The average Bonchev–Trinajstić information content (AvgIpc) is 2.25. The Morgan fingerprint density at radius 3 is 2.42 bits per heavy atom. The zero-order valence-electron chi connectivity index (χ0n) is 11.3. The molecule has 0 bridgehead atoms. The maximum atomic E-state index is 12.0. The van der Waals surface area contributed by atoms with E-state index in [4.69, 9.17) is 5.11 Å². The largest absolute Gasteiger partial charge is 0.481 e. The molecule has 1 rings (SSSR count). The van der Waals surface area contributed by atoms with E-state index < -0.39 is 39.8 Å². The molecule has 2 amide bonds. The van der Waals surface area contributed by atoms with Gasteiger partial charge in [-0.05, 0) is 20.8 Å². The number of hydrogen-bond donors (Lipinski definition) is 2. The van der Waals surface area contributed by atoms with Crippen LogP contribution in [-0.4, -0.2) is 60.6 Å². The summed E-state index contributed by atoms with van der Waals surface area (Å²) in [6.07, 6.45) is 0. The number of amides is 2. The van der Waals surface area contributed by atoms with Gasteiger partial charge in [0.05, 0.1) is 17.4 Å². The summed E-state index contributed by atoms with van der Waals surface area (Å²) < 4.78 is 22.8. The molecule has 7 nitrogen and oxygen atoms in total. The van der Waals surface area contributed by atoms with Crippen LogP contribution in [0.2, 0.25) is 0 Å². The number of carbonyl (C=O) groups is 2. The molecule has 1 aliphatic rings. The van der Waals surface area contributed by atoms with Crippen molar-refractivity contribution in [3.05, 3.63) is 0 Å². The Bertz CT molecular complexity index is 462. The second-order valence-electron chi connectivity index (χ2n) is 5.02. The van der Waals surface area contributed by atoms with Crippen molar-refractivity contribution in [1.29, 1.82) is 0 Å². The number of carboxylic acid groups (broad SMARTS) is 1. The molecule has 19 heavy (non-hydrogen) atoms. The second kappa shape index (κ2) is 5.77. The molecule has 110 valence electrons. The lowest BCUT2D eigenvalue weighted by atomic mass is 10.0. The summed E-state index contributed by atoms with van der Waals surface area (Å²) in [6, 6.07) is -1.33. The first-order valence-corrected chi connectivity index (χ1v) is 7.96. The molecule has 3 atom stereocenters. The van der Waals surface area contributed by atoms with Gasteiger partial charge >= 0.3 is 12.0 Å². The van der Waals surface area contributed by atoms with Crippen molar-refractivity contribution in [3.63, 3.8) is 0 Å². The molecule has 0 aromatic rings. The van der Waals surface area contributed by atoms with Crippen LogP contribution in [0.25, 0.3) is 0 Å². The van der Waals surface area contributed by atoms with Crippen molar-refractivity contribution in [3.8, 4) is 0 Å². The van der Waals surface area contributed by atoms with Crippen LogP contribution in [0.15, 0.2) is 0 Å². The normalized spacial score (nSPS) is 25.4. The number of sulfone groups is 1. The van der Waals surface area contributed by atoms with Crippen LogP contribution in [0, 0.1) is 5.92 Å². The molecule has 0 aromatic carbocycles. The van der Waals surface area contributed by atoms with Gasteiger partial charge in [0.1, 0.15) is 0 Å². The molecular formula is C11H20N2O5S. The standard InChI is InChI=1S/C11H20N2O5S/c1-7-6-19(17,18)5-4-13(7)11(16)12-9(3)8(2)10(14)15/h7-9H,4-6H2,1-3H3,(H,12,16)(H,14,15). The smallest absolute Gasteiger partial charge is 0.317 e. The Kier molecular flexibility index (Phi) is 4.78. The fourth-order valence-electron chi connectivity index (χ4n) is 1.92. The third-order valence-electron chi connectivity index (χ3n) is 3.42. The zero-order valence-corrected chi connectivity index (χ0v) is 12.1. The van der Waals surface area contributed by atoms with E-state index in [1.807, 2.05) is 0 Å². The first-order valence-electron chi connectivity index (χ1n) is 6.14. The molecule has 0 radical (unpaired) electrons. The van der Waals surface area contributed by atoms with Crippen molar-refractivity contribution in [2.75, 3.05) is 18.1 Å². The minimum absolute atomic E-state index is 0.0480. The van der Waals surface area contributed by atoms with E-state index in [0.717, 1.165) is 0 Å². The maximum Gasteiger partial charge on any atom is 0.317 e. The molecule has 2 N–H and O–H groups in total. The zero-order chi connectivity index (χ0) is 14.8. The van der Waals surface area contributed by atoms with E-state index in [9.17, 15) is 18.0 Å². The number of hydrogen-bond acceptors (Lipinski definition) is 4. The Hall–Kier alpha value is -1.31. The predicted octanol–water partition coefficient (Wildman–Crippen LogP) is -0.0759. The fourth-order valence-corrected chi connectivity index (χ4v) is 3.47. The van der Waals surface area contributed by atoms with Crippen LogP contribution in [0.3, 0.4) is 0 Å². The Labute approximate surface area is 112 Å². The third kappa shape index (κ3) is 4.09. The van der Waals surface area contributed by atoms with Crippen LogP contribution in [0.4, 0.5) is 4.79 Å². The van der Waals surface area contributed by atoms with Gasteiger partial charge in [0.2, 0.25) is 0 Å². The van der Waals surface area contributed by atoms with E-state index in [0.29, 0.717) is 0 Å². The monoisotopic (exact) mass is 292 g/mol. The molecule has 1 aliphatic heterocycles. The lowest BCUT2D eigenvalue weighted by Crippen LogP contribution is -2.55. The van der Waals surface area contributed by atoms with Gasteiger partial charge in [-0.25, -0.2) is 13.2 Å². The van der Waals surface area contributed by atoms with Gasteiger partial charge in [0.15, 0.2) is 9.84 Å². The molecule has 0 spiro atoms. The number of rotatable bonds is 3. The molecule has 1 heterocycles. The lowest BCUT2D eigenvalue weighted by molar-refractivity contribution is -0.141. The van der Waals surface area contributed by atoms with Gasteiger partial charge in [-0.1, -0.05) is 0 Å². The van der Waals surface area contributed by atoms with Gasteiger partial charge in [-0.15, -0.1) is 0 Å². The first kappa shape index (κ1) is 15.7. The molecule has 0 aromatic heterocycles. The highest BCUT2D eigenvalue weighted by molar-refractivity contribution is 7.91. The summed E-state index contributed by atoms with van der Waals surface area (Å²) in [5.41, 5.74) is 0. The van der Waals surface area contributed by atoms with Gasteiger partial charge in [-0.2, -0.15) is 0 Å². The quantitative estimate of drug-likeness (QED) is 0.757. The van der Waals surface area contributed by atoms with Crippen LogP contribution < -0.4 is 5.32 Å². The van der Waals surface area contributed by atoms with E-state index in [2.05, 4.69) is 5.32 Å². The summed E-state index contributed by atoms with van der Waals surface area (Å²) in [5, 5.41) is 11.5. The first-order chi connectivity index (χ1) is 8.64. The number of aliphatic carboxylic acids is 1. The molecular weight excluding hydrogens is 272 g/mol. The Morgan fingerprint density at radius 2 is 1.95 bits per heavy atom. The summed E-state index contributed by atoms with van der Waals surface area (Å²) in [5.74, 6) is -1.79.